The summed E-state index contributed by atoms with van der Waals surface area (Å²) < 4.78 is 31.6. The van der Waals surface area contributed by atoms with Crippen molar-refractivity contribution in [3.8, 4) is 0 Å². The molecule has 1 rings (SSSR count). The van der Waals surface area contributed by atoms with Gasteiger partial charge in [0, 0.05) is 13.7 Å². The van der Waals surface area contributed by atoms with Gasteiger partial charge in [-0.2, -0.15) is 0 Å². The molecule has 0 N–H and O–H groups in total. The first-order valence-electron chi connectivity index (χ1n) is 17.0. The number of allylic oxidation sites excluding steroid dienone is 5. The Hall–Kier alpha value is -1.23. The molecule has 1 aromatic rings. The van der Waals surface area contributed by atoms with Crippen LogP contribution in [-0.4, -0.2) is 50.9 Å². The Labute approximate surface area is 289 Å². The van der Waals surface area contributed by atoms with Gasteiger partial charge < -0.3 is 21.7 Å². The van der Waals surface area contributed by atoms with E-state index in [0.717, 1.165) is 12.0 Å². The summed E-state index contributed by atoms with van der Waals surface area (Å²) in [6.07, 6.45) is 22.9. The van der Waals surface area contributed by atoms with E-state index in [1.165, 1.54) is 68.7 Å². The van der Waals surface area contributed by atoms with Crippen LogP contribution in [0.1, 0.15) is 114 Å². The van der Waals surface area contributed by atoms with E-state index in [1.54, 1.807) is 30.3 Å². The van der Waals surface area contributed by atoms with Crippen LogP contribution < -0.4 is 17.0 Å². The number of halogens is 1. The third kappa shape index (κ3) is 18.0. The van der Waals surface area contributed by atoms with E-state index in [4.69, 9.17) is 4.74 Å². The molecular formula is C38H64BrO4PS. The van der Waals surface area contributed by atoms with E-state index >= 15 is 0 Å². The highest BCUT2D eigenvalue weighted by molar-refractivity contribution is 7.91. The Morgan fingerprint density at radius 1 is 0.933 bits per heavy atom. The van der Waals surface area contributed by atoms with E-state index in [-0.39, 0.29) is 35.1 Å². The van der Waals surface area contributed by atoms with Crippen LogP contribution >= 0.6 is 7.26 Å². The maximum Gasteiger partial charge on any atom is 0.311 e. The van der Waals surface area contributed by atoms with Crippen molar-refractivity contribution in [2.24, 2.45) is 11.3 Å². The van der Waals surface area contributed by atoms with Crippen LogP contribution in [0.3, 0.4) is 0 Å². The van der Waals surface area contributed by atoms with Gasteiger partial charge in [-0.15, -0.1) is 0 Å². The van der Waals surface area contributed by atoms with E-state index in [0.29, 0.717) is 10.8 Å². The molecule has 0 aliphatic carbocycles. The van der Waals surface area contributed by atoms with Crippen molar-refractivity contribution in [3.05, 3.63) is 65.8 Å². The maximum absolute atomic E-state index is 12.9. The molecule has 45 heavy (non-hydrogen) atoms. The van der Waals surface area contributed by atoms with Crippen molar-refractivity contribution in [1.82, 2.24) is 0 Å². The van der Waals surface area contributed by atoms with Crippen molar-refractivity contribution in [2.45, 2.75) is 125 Å². The first kappa shape index (κ1) is 43.8. The molecule has 2 atom stereocenters. The van der Waals surface area contributed by atoms with Crippen molar-refractivity contribution in [2.75, 3.05) is 30.4 Å². The Balaban J connectivity index is 0.0000194. The number of benzene rings is 1. The number of hydrogen-bond acceptors (Lipinski definition) is 4. The Morgan fingerprint density at radius 2 is 1.47 bits per heavy atom. The van der Waals surface area contributed by atoms with Crippen LogP contribution in [0.2, 0.25) is 0 Å². The predicted molar refractivity (Wildman–Crippen MR) is 194 cm³/mol. The van der Waals surface area contributed by atoms with Crippen molar-refractivity contribution < 1.29 is 34.9 Å². The van der Waals surface area contributed by atoms with E-state index < -0.39 is 28.6 Å². The quantitative estimate of drug-likeness (QED) is 0.0564. The van der Waals surface area contributed by atoms with Crippen LogP contribution in [0.4, 0.5) is 0 Å². The maximum atomic E-state index is 12.9. The van der Waals surface area contributed by atoms with Gasteiger partial charge in [-0.25, -0.2) is 8.42 Å². The van der Waals surface area contributed by atoms with Crippen LogP contribution in [0, 0.1) is 11.3 Å². The molecule has 1 aromatic carbocycles. The Bertz CT molecular complexity index is 1140. The molecule has 4 nitrogen and oxygen atoms in total. The van der Waals surface area contributed by atoms with Gasteiger partial charge in [-0.3, -0.25) is 4.79 Å². The van der Waals surface area contributed by atoms with Crippen LogP contribution in [0.5, 0.6) is 0 Å². The van der Waals surface area contributed by atoms with Crippen LogP contribution in [0.15, 0.2) is 70.7 Å². The topological polar surface area (TPSA) is 60.4 Å². The second-order valence-corrected chi connectivity index (χ2v) is 20.4. The van der Waals surface area contributed by atoms with Gasteiger partial charge in [0.05, 0.1) is 40.7 Å². The molecule has 0 bridgehead atoms. The number of carbonyl (C=O) groups excluding carboxylic acids is 1. The first-order chi connectivity index (χ1) is 20.7. The Morgan fingerprint density at radius 3 is 1.96 bits per heavy atom. The van der Waals surface area contributed by atoms with Gasteiger partial charge in [0.15, 0.2) is 9.84 Å². The minimum Gasteiger partial charge on any atom is -1.00 e. The van der Waals surface area contributed by atoms with Crippen molar-refractivity contribution in [3.63, 3.8) is 0 Å². The van der Waals surface area contributed by atoms with E-state index in [2.05, 4.69) is 53.7 Å². The third-order valence-corrected chi connectivity index (χ3v) is 14.7. The summed E-state index contributed by atoms with van der Waals surface area (Å²) in [5.41, 5.74) is 1.89. The lowest BCUT2D eigenvalue weighted by Gasteiger charge is -2.27. The van der Waals surface area contributed by atoms with Gasteiger partial charge in [0.25, 0.3) is 0 Å². The number of carbonyl (C=O) groups is 1. The molecule has 258 valence electrons. The van der Waals surface area contributed by atoms with E-state index in [1.807, 2.05) is 32.9 Å². The molecule has 0 aliphatic rings. The lowest BCUT2D eigenvalue weighted by atomic mass is 9.97. The molecule has 0 heterocycles. The van der Waals surface area contributed by atoms with Crippen molar-refractivity contribution >= 4 is 23.1 Å². The van der Waals surface area contributed by atoms with Gasteiger partial charge in [0.2, 0.25) is 0 Å². The fourth-order valence-electron chi connectivity index (χ4n) is 5.38. The van der Waals surface area contributed by atoms with Crippen LogP contribution in [0.25, 0.3) is 0 Å². The normalized spacial score (nSPS) is 14.7. The number of ether oxygens (including phenoxy) is 1. The minimum atomic E-state index is -3.47. The highest BCUT2D eigenvalue weighted by Crippen LogP contribution is 2.61. The number of unbranched alkanes of at least 4 members (excludes halogenated alkanes) is 3. The number of esters is 1. The fraction of sp³-hybridized carbons (Fsp3) is 0.658. The molecule has 0 aliphatic heterocycles. The zero-order valence-corrected chi connectivity index (χ0v) is 33.2. The zero-order chi connectivity index (χ0) is 33.2. The smallest absolute Gasteiger partial charge is 0.311 e. The van der Waals surface area contributed by atoms with Crippen molar-refractivity contribution in [1.29, 1.82) is 0 Å². The average Bonchev–Trinajstić information content (AvgIpc) is 2.97. The lowest BCUT2D eigenvalue weighted by Crippen LogP contribution is -3.00. The standard InChI is InChI=1S/C38H64O4PS.BrH/c1-10-13-25-43(26-14-11-2,27-15-12-3)28-23-33(5)31-34(6)30-32(4)21-22-35(42-37(39)38(7,8)9)24-29-44(40,41)36-19-17-16-18-20-36;/h16-23,30,34-35H,10-15,24-29,31H2,1-9H3;1H/q+1;/p-1/b22-21+,32-30-,33-23+;/t34-,35-;/m1./s1. The average molecular weight is 728 g/mol. The van der Waals surface area contributed by atoms with Gasteiger partial charge in [-0.05, 0) is 90.5 Å². The summed E-state index contributed by atoms with van der Waals surface area (Å²) in [6.45, 7) is 19.0. The second kappa shape index (κ2) is 22.4. The van der Waals surface area contributed by atoms with Crippen LogP contribution in [-0.2, 0) is 19.4 Å². The summed E-state index contributed by atoms with van der Waals surface area (Å²) in [5, 5.41) is 0. The monoisotopic (exact) mass is 726 g/mol. The summed E-state index contributed by atoms with van der Waals surface area (Å²) in [5.74, 6) is -0.0544. The van der Waals surface area contributed by atoms with Gasteiger partial charge in [0.1, 0.15) is 6.10 Å². The lowest BCUT2D eigenvalue weighted by molar-refractivity contribution is -0.156. The summed E-state index contributed by atoms with van der Waals surface area (Å²) in [7, 11) is -4.42. The summed E-state index contributed by atoms with van der Waals surface area (Å²) >= 11 is 0. The molecule has 0 fully saturated rings. The van der Waals surface area contributed by atoms with Gasteiger partial charge >= 0.3 is 5.97 Å². The highest BCUT2D eigenvalue weighted by Gasteiger charge is 2.34. The zero-order valence-electron chi connectivity index (χ0n) is 29.9. The number of sulfone groups is 1. The minimum absolute atomic E-state index is 0. The van der Waals surface area contributed by atoms with Gasteiger partial charge in [-0.1, -0.05) is 88.5 Å². The number of rotatable bonds is 21. The fourth-order valence-corrected chi connectivity index (χ4v) is 11.6. The molecule has 0 aromatic heterocycles. The number of hydrogen-bond donors (Lipinski definition) is 0. The second-order valence-electron chi connectivity index (χ2n) is 13.9. The third-order valence-electron chi connectivity index (χ3n) is 8.19. The SMILES string of the molecule is CCCC[P+](C/C=C(\C)C[C@H](C)/C=C(C)\C=C\[C@H](CCS(=O)(=O)c1ccccc1)OC(=O)C(C)(C)C)(CCCC)CCCC.[Br-]. The Kier molecular flexibility index (Phi) is 21.7. The first-order valence-corrected chi connectivity index (χ1v) is 21.2. The summed E-state index contributed by atoms with van der Waals surface area (Å²) in [4.78, 5) is 13.0. The molecular weight excluding hydrogens is 663 g/mol. The predicted octanol–water partition coefficient (Wildman–Crippen LogP) is 7.71. The molecule has 0 saturated heterocycles. The molecule has 0 amide bonds. The highest BCUT2D eigenvalue weighted by atomic mass is 79.9. The molecule has 7 heteroatoms. The molecule has 0 saturated carbocycles. The van der Waals surface area contributed by atoms with E-state index in [9.17, 15) is 13.2 Å². The molecule has 0 radical (unpaired) electrons. The molecule has 0 unspecified atom stereocenters. The molecule has 0 spiro atoms. The largest absolute Gasteiger partial charge is 1.00 e. The summed E-state index contributed by atoms with van der Waals surface area (Å²) in [6, 6.07) is 8.45.